The number of carbonyl (C=O) groups is 1. The molecule has 3 aromatic rings. The van der Waals surface area contributed by atoms with Gasteiger partial charge in [0.15, 0.2) is 0 Å². The maximum absolute atomic E-state index is 12.2. The second kappa shape index (κ2) is 9.09. The van der Waals surface area contributed by atoms with Crippen LogP contribution in [-0.2, 0) is 6.42 Å². The molecule has 1 saturated heterocycles. The number of hydroxylamine groups is 1. The summed E-state index contributed by atoms with van der Waals surface area (Å²) in [6, 6.07) is 5.29. The molecule has 2 aromatic heterocycles. The van der Waals surface area contributed by atoms with Gasteiger partial charge in [0, 0.05) is 0 Å². The van der Waals surface area contributed by atoms with E-state index >= 15 is 0 Å². The van der Waals surface area contributed by atoms with Crippen LogP contribution in [0.4, 0.5) is 0 Å². The van der Waals surface area contributed by atoms with E-state index in [2.05, 4.69) is 26.1 Å². The summed E-state index contributed by atoms with van der Waals surface area (Å²) in [7, 11) is 0. The van der Waals surface area contributed by atoms with Gasteiger partial charge in [-0.2, -0.15) is 0 Å². The van der Waals surface area contributed by atoms with Gasteiger partial charge < -0.3 is 0 Å². The molecule has 3 heterocycles. The standard InChI is InChI=1S/C18H18BrN3O4Se.ClH/c19-14-11-2-1-10-9-12(17(23)21-25)18(24)26-15(10)16(11)27-13(14)3-6-22-7-4-20-5-8-22;/h1-2,9,20,25H,3-8H2,(H,21,23);1H. The topological polar surface area (TPSA) is 94.8 Å². The molecule has 1 amide bonds. The zero-order chi connectivity index (χ0) is 19.0. The molecule has 10 heteroatoms. The van der Waals surface area contributed by atoms with Gasteiger partial charge in [-0.15, -0.1) is 12.4 Å². The molecule has 0 saturated carbocycles. The molecular weight excluding hydrogens is 517 g/mol. The summed E-state index contributed by atoms with van der Waals surface area (Å²) >= 11 is 3.78. The van der Waals surface area contributed by atoms with Crippen LogP contribution in [0, 0.1) is 0 Å². The van der Waals surface area contributed by atoms with E-state index in [-0.39, 0.29) is 32.5 Å². The number of carbonyl (C=O) groups excluding carboxylic acids is 1. The van der Waals surface area contributed by atoms with Crippen LogP contribution in [0.2, 0.25) is 0 Å². The molecule has 4 rings (SSSR count). The van der Waals surface area contributed by atoms with E-state index in [1.54, 1.807) is 0 Å². The van der Waals surface area contributed by atoms with Crippen LogP contribution in [0.15, 0.2) is 31.9 Å². The number of halogens is 2. The average molecular weight is 536 g/mol. The van der Waals surface area contributed by atoms with Gasteiger partial charge in [0.05, 0.1) is 0 Å². The predicted octanol–water partition coefficient (Wildman–Crippen LogP) is 1.75. The average Bonchev–Trinajstić information content (AvgIpc) is 3.02. The third-order valence-electron chi connectivity index (χ3n) is 4.77. The molecule has 1 aromatic carbocycles. The third kappa shape index (κ3) is 4.07. The number of fused-ring (bicyclic) bond motifs is 3. The predicted molar refractivity (Wildman–Crippen MR) is 114 cm³/mol. The van der Waals surface area contributed by atoms with E-state index in [4.69, 9.17) is 9.62 Å². The number of amides is 1. The van der Waals surface area contributed by atoms with Gasteiger partial charge in [-0.3, -0.25) is 0 Å². The Morgan fingerprint density at radius 3 is 2.82 bits per heavy atom. The minimum atomic E-state index is -0.868. The SMILES string of the molecule is Cl.O=C(NO)c1cc2ccc3c(Br)c(CCN4CCNCC4)[se]c3c2oc1=O. The molecule has 1 aliphatic heterocycles. The molecule has 1 fully saturated rings. The Labute approximate surface area is 181 Å². The van der Waals surface area contributed by atoms with E-state index in [1.807, 2.05) is 12.1 Å². The number of benzene rings is 1. The molecule has 1 aliphatic rings. The zero-order valence-electron chi connectivity index (χ0n) is 14.8. The summed E-state index contributed by atoms with van der Waals surface area (Å²) in [5.41, 5.74) is 1.06. The Kier molecular flexibility index (Phi) is 6.98. The van der Waals surface area contributed by atoms with E-state index in [0.717, 1.165) is 53.3 Å². The Morgan fingerprint density at radius 1 is 1.36 bits per heavy atom. The van der Waals surface area contributed by atoms with Crippen LogP contribution >= 0.6 is 28.3 Å². The Morgan fingerprint density at radius 2 is 2.11 bits per heavy atom. The number of hydrogen-bond acceptors (Lipinski definition) is 6. The van der Waals surface area contributed by atoms with Crippen molar-refractivity contribution in [2.24, 2.45) is 0 Å². The summed E-state index contributed by atoms with van der Waals surface area (Å²) in [5.74, 6) is -0.868. The summed E-state index contributed by atoms with van der Waals surface area (Å²) in [5, 5.41) is 13.9. The van der Waals surface area contributed by atoms with Gasteiger partial charge in [-0.05, 0) is 0 Å². The van der Waals surface area contributed by atoms with Crippen LogP contribution < -0.4 is 16.4 Å². The van der Waals surface area contributed by atoms with E-state index in [9.17, 15) is 9.59 Å². The normalized spacial score (nSPS) is 14.9. The van der Waals surface area contributed by atoms with Crippen LogP contribution in [0.25, 0.3) is 20.6 Å². The van der Waals surface area contributed by atoms with Crippen LogP contribution in [-0.4, -0.2) is 63.2 Å². The number of piperazine rings is 1. The van der Waals surface area contributed by atoms with Gasteiger partial charge in [-0.1, -0.05) is 0 Å². The molecule has 3 N–H and O–H groups in total. The summed E-state index contributed by atoms with van der Waals surface area (Å²) in [6.45, 7) is 5.22. The van der Waals surface area contributed by atoms with Gasteiger partial charge >= 0.3 is 169 Å². The summed E-state index contributed by atoms with van der Waals surface area (Å²) in [4.78, 5) is 26.2. The number of nitrogens with one attached hydrogen (secondary N) is 2. The molecule has 0 spiro atoms. The van der Waals surface area contributed by atoms with Crippen molar-refractivity contribution in [3.8, 4) is 0 Å². The number of nitrogens with zero attached hydrogens (tertiary/aromatic N) is 1. The molecule has 0 unspecified atom stereocenters. The van der Waals surface area contributed by atoms with Crippen LogP contribution in [0.1, 0.15) is 14.8 Å². The fourth-order valence-corrected chi connectivity index (χ4v) is 7.03. The van der Waals surface area contributed by atoms with Crippen molar-refractivity contribution in [3.63, 3.8) is 0 Å². The van der Waals surface area contributed by atoms with Crippen molar-refractivity contribution in [1.82, 2.24) is 15.7 Å². The van der Waals surface area contributed by atoms with Crippen LogP contribution in [0.5, 0.6) is 0 Å². The summed E-state index contributed by atoms with van der Waals surface area (Å²) < 4.78 is 8.94. The van der Waals surface area contributed by atoms with Gasteiger partial charge in [0.1, 0.15) is 0 Å². The molecule has 0 atom stereocenters. The minimum absolute atomic E-state index is 0. The van der Waals surface area contributed by atoms with E-state index in [1.165, 1.54) is 16.0 Å². The fourth-order valence-electron chi connectivity index (χ4n) is 3.32. The zero-order valence-corrected chi connectivity index (χ0v) is 18.9. The molecular formula is C18H19BrClN3O4Se. The first-order valence-electron chi connectivity index (χ1n) is 8.63. The molecule has 0 bridgehead atoms. The Hall–Kier alpha value is -1.19. The first-order chi connectivity index (χ1) is 13.1. The molecule has 150 valence electrons. The third-order valence-corrected chi connectivity index (χ3v) is 8.92. The van der Waals surface area contributed by atoms with Crippen molar-refractivity contribution < 1.29 is 14.4 Å². The van der Waals surface area contributed by atoms with Crippen molar-refractivity contribution >= 4 is 69.4 Å². The van der Waals surface area contributed by atoms with Gasteiger partial charge in [-0.25, -0.2) is 0 Å². The molecule has 7 nitrogen and oxygen atoms in total. The van der Waals surface area contributed by atoms with E-state index < -0.39 is 11.5 Å². The Bertz CT molecular complexity index is 1080. The first kappa shape index (κ1) is 21.5. The Balaban J connectivity index is 0.00000225. The first-order valence-corrected chi connectivity index (χ1v) is 11.1. The quantitative estimate of drug-likeness (QED) is 0.204. The van der Waals surface area contributed by atoms with Gasteiger partial charge in [0.25, 0.3) is 0 Å². The second-order valence-electron chi connectivity index (χ2n) is 6.43. The number of hydrogen-bond donors (Lipinski definition) is 3. The second-order valence-corrected chi connectivity index (χ2v) is 9.54. The van der Waals surface area contributed by atoms with Crippen molar-refractivity contribution in [1.29, 1.82) is 0 Å². The molecule has 0 radical (unpaired) electrons. The summed E-state index contributed by atoms with van der Waals surface area (Å²) in [6.07, 6.45) is 0.978. The van der Waals surface area contributed by atoms with Gasteiger partial charge in [0.2, 0.25) is 0 Å². The van der Waals surface area contributed by atoms with Crippen molar-refractivity contribution in [3.05, 3.63) is 43.1 Å². The van der Waals surface area contributed by atoms with Crippen molar-refractivity contribution in [2.75, 3.05) is 32.7 Å². The molecule has 28 heavy (non-hydrogen) atoms. The maximum atomic E-state index is 12.2. The van der Waals surface area contributed by atoms with Crippen LogP contribution in [0.3, 0.4) is 0 Å². The van der Waals surface area contributed by atoms with Crippen molar-refractivity contribution in [2.45, 2.75) is 6.42 Å². The fraction of sp³-hybridized carbons (Fsp3) is 0.333. The monoisotopic (exact) mass is 535 g/mol. The number of rotatable bonds is 4. The van der Waals surface area contributed by atoms with E-state index in [0.29, 0.717) is 11.0 Å². The molecule has 0 aliphatic carbocycles.